The molecule has 0 aromatic rings. The van der Waals surface area contributed by atoms with E-state index in [1.54, 1.807) is 0 Å². The van der Waals surface area contributed by atoms with Gasteiger partial charge >= 0.3 is 0 Å². The van der Waals surface area contributed by atoms with Gasteiger partial charge in [-0.2, -0.15) is 0 Å². The van der Waals surface area contributed by atoms with Crippen LogP contribution in [0.25, 0.3) is 0 Å². The largest absolute Gasteiger partial charge is 0.395 e. The Bertz CT molecular complexity index is 412. The van der Waals surface area contributed by atoms with Gasteiger partial charge in [0.15, 0.2) is 0 Å². The molecule has 1 saturated heterocycles. The molecule has 1 fully saturated rings. The van der Waals surface area contributed by atoms with Crippen molar-refractivity contribution in [3.05, 3.63) is 0 Å². The molecule has 1 aliphatic rings. The average molecular weight is 464 g/mol. The lowest BCUT2D eigenvalue weighted by Crippen LogP contribution is -2.45. The van der Waals surface area contributed by atoms with Crippen LogP contribution in [-0.4, -0.2) is 181 Å². The number of aliphatic hydroxyl groups is 5. The van der Waals surface area contributed by atoms with Gasteiger partial charge in [0.05, 0.1) is 33.0 Å². The Morgan fingerprint density at radius 3 is 1.00 bits per heavy atom. The highest BCUT2D eigenvalue weighted by Crippen LogP contribution is 2.07. The molecular weight excluding hydrogens is 414 g/mol. The zero-order valence-corrected chi connectivity index (χ0v) is 20.0. The Kier molecular flexibility index (Phi) is 18.5. The van der Waals surface area contributed by atoms with Crippen LogP contribution in [0.4, 0.5) is 0 Å². The molecule has 0 atom stereocenters. The molecule has 192 valence electrons. The van der Waals surface area contributed by atoms with Crippen molar-refractivity contribution in [2.75, 3.05) is 131 Å². The predicted octanol–water partition coefficient (Wildman–Crippen LogP) is -2.75. The number of hydrogen-bond donors (Lipinski definition) is 5. The fourth-order valence-electron chi connectivity index (χ4n) is 4.19. The third kappa shape index (κ3) is 14.0. The van der Waals surface area contributed by atoms with E-state index in [0.29, 0.717) is 32.7 Å². The smallest absolute Gasteiger partial charge is 0.0558 e. The number of hydrogen-bond acceptors (Lipinski definition) is 10. The molecule has 0 aliphatic carbocycles. The van der Waals surface area contributed by atoms with Crippen LogP contribution >= 0.6 is 0 Å². The Morgan fingerprint density at radius 1 is 0.406 bits per heavy atom. The fraction of sp³-hybridized carbons (Fsp3) is 1.00. The van der Waals surface area contributed by atoms with Crippen LogP contribution in [0.15, 0.2) is 0 Å². The number of nitrogens with zero attached hydrogens (tertiary/aromatic N) is 5. The zero-order valence-electron chi connectivity index (χ0n) is 20.0. The third-order valence-corrected chi connectivity index (χ3v) is 6.21. The second-order valence-corrected chi connectivity index (χ2v) is 8.53. The second-order valence-electron chi connectivity index (χ2n) is 8.53. The summed E-state index contributed by atoms with van der Waals surface area (Å²) in [6.45, 7) is 12.5. The Morgan fingerprint density at radius 2 is 0.688 bits per heavy atom. The molecule has 0 aromatic carbocycles. The van der Waals surface area contributed by atoms with E-state index in [0.717, 1.165) is 52.4 Å². The lowest BCUT2D eigenvalue weighted by molar-refractivity contribution is 0.112. The van der Waals surface area contributed by atoms with E-state index < -0.39 is 0 Å². The van der Waals surface area contributed by atoms with Crippen molar-refractivity contribution >= 4 is 0 Å². The van der Waals surface area contributed by atoms with Crippen LogP contribution < -0.4 is 0 Å². The highest BCUT2D eigenvalue weighted by Gasteiger charge is 2.15. The SMILES string of the molecule is OCCN(CCO)CCN(CCO)CCN(CCO)CCN(CCO)CCN1CCCC1. The van der Waals surface area contributed by atoms with Crippen molar-refractivity contribution < 1.29 is 25.5 Å². The van der Waals surface area contributed by atoms with Crippen molar-refractivity contribution in [1.82, 2.24) is 24.5 Å². The van der Waals surface area contributed by atoms with E-state index >= 15 is 0 Å². The Balaban J connectivity index is 2.45. The highest BCUT2D eigenvalue weighted by molar-refractivity contribution is 4.71. The highest BCUT2D eigenvalue weighted by atomic mass is 16.3. The van der Waals surface area contributed by atoms with Crippen LogP contribution in [0, 0.1) is 0 Å². The first-order valence-electron chi connectivity index (χ1n) is 12.3. The minimum Gasteiger partial charge on any atom is -0.395 e. The molecule has 0 spiro atoms. The maximum atomic E-state index is 9.51. The van der Waals surface area contributed by atoms with Crippen molar-refractivity contribution in [3.63, 3.8) is 0 Å². The van der Waals surface area contributed by atoms with Crippen molar-refractivity contribution in [1.29, 1.82) is 0 Å². The summed E-state index contributed by atoms with van der Waals surface area (Å²) in [6.07, 6.45) is 2.57. The van der Waals surface area contributed by atoms with Crippen molar-refractivity contribution in [2.24, 2.45) is 0 Å². The van der Waals surface area contributed by atoms with Gasteiger partial charge in [-0.05, 0) is 25.9 Å². The third-order valence-electron chi connectivity index (χ3n) is 6.21. The Labute approximate surface area is 194 Å². The summed E-state index contributed by atoms with van der Waals surface area (Å²) in [6, 6.07) is 0. The molecular formula is C22H49N5O5. The van der Waals surface area contributed by atoms with Gasteiger partial charge in [0.25, 0.3) is 0 Å². The number of likely N-dealkylation sites (tertiary alicyclic amines) is 1. The molecule has 1 rings (SSSR count). The molecule has 10 nitrogen and oxygen atoms in total. The standard InChI is InChI=1S/C22H49N5O5/c28-18-13-24(6-5-23-3-1-2-4-23)7-8-25(14-19-29)9-10-26(15-20-30)11-12-27(16-21-31)17-22-32/h28-32H,1-22H2. The van der Waals surface area contributed by atoms with E-state index in [2.05, 4.69) is 19.6 Å². The molecule has 0 radical (unpaired) electrons. The van der Waals surface area contributed by atoms with Crippen LogP contribution in [0.2, 0.25) is 0 Å². The Hall–Kier alpha value is -0.400. The maximum absolute atomic E-state index is 9.51. The maximum Gasteiger partial charge on any atom is 0.0558 e. The summed E-state index contributed by atoms with van der Waals surface area (Å²) in [4.78, 5) is 11.2. The molecule has 5 N–H and O–H groups in total. The molecule has 1 aliphatic heterocycles. The minimum absolute atomic E-state index is 0.0619. The predicted molar refractivity (Wildman–Crippen MR) is 127 cm³/mol. The van der Waals surface area contributed by atoms with Gasteiger partial charge in [-0.25, -0.2) is 0 Å². The first kappa shape index (κ1) is 29.6. The molecule has 0 bridgehead atoms. The quantitative estimate of drug-likeness (QED) is 0.116. The lowest BCUT2D eigenvalue weighted by atomic mass is 10.3. The monoisotopic (exact) mass is 463 g/mol. The van der Waals surface area contributed by atoms with Gasteiger partial charge in [-0.15, -0.1) is 0 Å². The second kappa shape index (κ2) is 20.0. The van der Waals surface area contributed by atoms with E-state index in [-0.39, 0.29) is 33.0 Å². The summed E-state index contributed by atoms with van der Waals surface area (Å²) < 4.78 is 0. The first-order valence-corrected chi connectivity index (χ1v) is 12.3. The lowest BCUT2D eigenvalue weighted by Gasteiger charge is -2.31. The van der Waals surface area contributed by atoms with Gasteiger partial charge in [0.2, 0.25) is 0 Å². The van der Waals surface area contributed by atoms with Crippen LogP contribution in [0.5, 0.6) is 0 Å². The summed E-state index contributed by atoms with van der Waals surface area (Å²) in [5, 5.41) is 46.7. The summed E-state index contributed by atoms with van der Waals surface area (Å²) >= 11 is 0. The number of rotatable bonds is 22. The van der Waals surface area contributed by atoms with Crippen LogP contribution in [0.3, 0.4) is 0 Å². The molecule has 0 saturated carbocycles. The summed E-state index contributed by atoms with van der Waals surface area (Å²) in [5.74, 6) is 0. The molecule has 0 aromatic heterocycles. The van der Waals surface area contributed by atoms with Crippen LogP contribution in [0.1, 0.15) is 12.8 Å². The van der Waals surface area contributed by atoms with Crippen LogP contribution in [-0.2, 0) is 0 Å². The topological polar surface area (TPSA) is 117 Å². The molecule has 0 unspecified atom stereocenters. The molecule has 1 heterocycles. The van der Waals surface area contributed by atoms with Gasteiger partial charge in [-0.1, -0.05) is 0 Å². The number of aliphatic hydroxyl groups excluding tert-OH is 5. The van der Waals surface area contributed by atoms with E-state index in [1.807, 2.05) is 4.90 Å². The average Bonchev–Trinajstić information content (AvgIpc) is 3.31. The van der Waals surface area contributed by atoms with Gasteiger partial charge in [-0.3, -0.25) is 19.6 Å². The minimum atomic E-state index is 0.0619. The molecule has 32 heavy (non-hydrogen) atoms. The van der Waals surface area contributed by atoms with E-state index in [9.17, 15) is 25.5 Å². The van der Waals surface area contributed by atoms with Gasteiger partial charge < -0.3 is 30.4 Å². The van der Waals surface area contributed by atoms with Crippen molar-refractivity contribution in [3.8, 4) is 0 Å². The van der Waals surface area contributed by atoms with Gasteiger partial charge in [0.1, 0.15) is 0 Å². The fourth-order valence-corrected chi connectivity index (χ4v) is 4.19. The van der Waals surface area contributed by atoms with Gasteiger partial charge in [0, 0.05) is 85.1 Å². The van der Waals surface area contributed by atoms with E-state index in [4.69, 9.17) is 0 Å². The summed E-state index contributed by atoms with van der Waals surface area (Å²) in [7, 11) is 0. The normalized spacial score (nSPS) is 15.3. The van der Waals surface area contributed by atoms with E-state index in [1.165, 1.54) is 25.9 Å². The first-order chi connectivity index (χ1) is 15.7. The molecule has 0 amide bonds. The molecule has 10 heteroatoms. The van der Waals surface area contributed by atoms with Crippen molar-refractivity contribution in [2.45, 2.75) is 12.8 Å². The zero-order chi connectivity index (χ0) is 23.4. The summed E-state index contributed by atoms with van der Waals surface area (Å²) in [5.41, 5.74) is 0.